The third-order valence-corrected chi connectivity index (χ3v) is 5.71. The van der Waals surface area contributed by atoms with E-state index in [2.05, 4.69) is 62.4 Å². The highest BCUT2D eigenvalue weighted by atomic mass is 16.6. The molecule has 0 amide bonds. The van der Waals surface area contributed by atoms with Crippen LogP contribution in [0.15, 0.2) is 48.5 Å². The van der Waals surface area contributed by atoms with Gasteiger partial charge >= 0.3 is 0 Å². The van der Waals surface area contributed by atoms with E-state index >= 15 is 0 Å². The Morgan fingerprint density at radius 2 is 1.15 bits per heavy atom. The van der Waals surface area contributed by atoms with Crippen LogP contribution in [0.25, 0.3) is 0 Å². The van der Waals surface area contributed by atoms with Crippen molar-refractivity contribution in [3.8, 4) is 0 Å². The molecule has 2 atom stereocenters. The molecule has 2 saturated heterocycles. The zero-order valence-electron chi connectivity index (χ0n) is 16.5. The van der Waals surface area contributed by atoms with E-state index in [0.29, 0.717) is 13.2 Å². The van der Waals surface area contributed by atoms with Crippen molar-refractivity contribution in [2.75, 3.05) is 26.4 Å². The van der Waals surface area contributed by atoms with Gasteiger partial charge in [-0.1, -0.05) is 75.2 Å². The second kappa shape index (κ2) is 7.75. The molecule has 27 heavy (non-hydrogen) atoms. The predicted molar refractivity (Wildman–Crippen MR) is 107 cm³/mol. The molecule has 0 bridgehead atoms. The largest absolute Gasteiger partial charge is 0.375 e. The van der Waals surface area contributed by atoms with Gasteiger partial charge in [-0.25, -0.2) is 0 Å². The Balaban J connectivity index is 1.43. The predicted octanol–water partition coefficient (Wildman–Crippen LogP) is 4.76. The molecule has 144 valence electrons. The number of hydrogen-bond acceptors (Lipinski definition) is 3. The Morgan fingerprint density at radius 1 is 0.741 bits per heavy atom. The summed E-state index contributed by atoms with van der Waals surface area (Å²) in [4.78, 5) is 0. The number of hydrogen-bond donors (Lipinski definition) is 0. The summed E-state index contributed by atoms with van der Waals surface area (Å²) in [7, 11) is 0. The maximum Gasteiger partial charge on any atom is 0.140 e. The highest BCUT2D eigenvalue weighted by molar-refractivity contribution is 5.37. The Hall–Kier alpha value is -1.68. The zero-order valence-corrected chi connectivity index (χ0v) is 16.5. The van der Waals surface area contributed by atoms with Crippen LogP contribution in [0.4, 0.5) is 0 Å². The summed E-state index contributed by atoms with van der Waals surface area (Å²) in [5.74, 6) is 0. The van der Waals surface area contributed by atoms with Gasteiger partial charge in [0, 0.05) is 0 Å². The standard InChI is InChI=1S/C24H30O3/c1-3-9-19-11-5-7-13-21(19)23(17-26-23)15-25-16-24(18-27-24)22-14-8-6-12-20(22)10-4-2/h5-8,11-14H,3-4,9-10,15-18H2,1-2H3. The van der Waals surface area contributed by atoms with Gasteiger partial charge in [0.25, 0.3) is 0 Å². The Morgan fingerprint density at radius 3 is 1.52 bits per heavy atom. The summed E-state index contributed by atoms with van der Waals surface area (Å²) < 4.78 is 18.0. The van der Waals surface area contributed by atoms with Gasteiger partial charge in [-0.05, 0) is 35.1 Å². The first kappa shape index (κ1) is 18.7. The van der Waals surface area contributed by atoms with Crippen molar-refractivity contribution >= 4 is 0 Å². The molecule has 2 aliphatic heterocycles. The molecular formula is C24H30O3. The second-order valence-electron chi connectivity index (χ2n) is 7.87. The Kier molecular flexibility index (Phi) is 5.36. The van der Waals surface area contributed by atoms with Crippen LogP contribution < -0.4 is 0 Å². The van der Waals surface area contributed by atoms with Crippen molar-refractivity contribution in [1.82, 2.24) is 0 Å². The van der Waals surface area contributed by atoms with Crippen molar-refractivity contribution < 1.29 is 14.2 Å². The average Bonchev–Trinajstić information content (AvgIpc) is 3.61. The van der Waals surface area contributed by atoms with Crippen molar-refractivity contribution in [2.24, 2.45) is 0 Å². The van der Waals surface area contributed by atoms with E-state index in [-0.39, 0.29) is 11.2 Å². The van der Waals surface area contributed by atoms with Gasteiger partial charge < -0.3 is 14.2 Å². The van der Waals surface area contributed by atoms with E-state index in [1.54, 1.807) is 0 Å². The van der Waals surface area contributed by atoms with Gasteiger partial charge in [0.15, 0.2) is 0 Å². The van der Waals surface area contributed by atoms with Gasteiger partial charge in [-0.15, -0.1) is 0 Å². The molecule has 3 heteroatoms. The van der Waals surface area contributed by atoms with Crippen LogP contribution in [0, 0.1) is 0 Å². The number of epoxide rings is 2. The molecule has 2 aliphatic rings. The molecule has 2 fully saturated rings. The van der Waals surface area contributed by atoms with Crippen LogP contribution in [0.5, 0.6) is 0 Å². The van der Waals surface area contributed by atoms with Crippen LogP contribution in [0.3, 0.4) is 0 Å². The fourth-order valence-corrected chi connectivity index (χ4v) is 4.09. The smallest absolute Gasteiger partial charge is 0.140 e. The summed E-state index contributed by atoms with van der Waals surface area (Å²) in [6.07, 6.45) is 4.44. The molecule has 0 aromatic heterocycles. The number of ether oxygens (including phenoxy) is 3. The third kappa shape index (κ3) is 3.82. The maximum atomic E-state index is 6.21. The van der Waals surface area contributed by atoms with E-state index < -0.39 is 0 Å². The van der Waals surface area contributed by atoms with E-state index in [0.717, 1.165) is 38.9 Å². The molecule has 2 unspecified atom stereocenters. The van der Waals surface area contributed by atoms with Crippen LogP contribution in [-0.2, 0) is 38.3 Å². The van der Waals surface area contributed by atoms with Crippen LogP contribution in [0.1, 0.15) is 48.9 Å². The monoisotopic (exact) mass is 366 g/mol. The Labute approximate surface area is 162 Å². The minimum absolute atomic E-state index is 0.259. The zero-order chi connectivity index (χ0) is 18.7. The van der Waals surface area contributed by atoms with Gasteiger partial charge in [0.1, 0.15) is 11.2 Å². The lowest BCUT2D eigenvalue weighted by atomic mass is 9.92. The fraction of sp³-hybridized carbons (Fsp3) is 0.500. The SMILES string of the molecule is CCCc1ccccc1C1(COCC2(c3ccccc3CCC)CO2)CO1. The molecule has 0 N–H and O–H groups in total. The summed E-state index contributed by atoms with van der Waals surface area (Å²) in [5.41, 5.74) is 4.83. The molecule has 2 aromatic rings. The molecule has 3 nitrogen and oxygen atoms in total. The van der Waals surface area contributed by atoms with E-state index in [9.17, 15) is 0 Å². The lowest BCUT2D eigenvalue weighted by Crippen LogP contribution is -2.25. The lowest BCUT2D eigenvalue weighted by molar-refractivity contribution is 0.0399. The van der Waals surface area contributed by atoms with Crippen molar-refractivity contribution in [3.05, 3.63) is 70.8 Å². The quantitative estimate of drug-likeness (QED) is 0.569. The minimum atomic E-state index is -0.259. The van der Waals surface area contributed by atoms with E-state index in [4.69, 9.17) is 14.2 Å². The van der Waals surface area contributed by atoms with Crippen molar-refractivity contribution in [2.45, 2.75) is 50.7 Å². The first-order valence-electron chi connectivity index (χ1n) is 10.3. The Bertz CT molecular complexity index is 709. The maximum absolute atomic E-state index is 6.21. The topological polar surface area (TPSA) is 34.3 Å². The highest BCUT2D eigenvalue weighted by Gasteiger charge is 2.51. The van der Waals surface area contributed by atoms with Crippen molar-refractivity contribution in [1.29, 1.82) is 0 Å². The fourth-order valence-electron chi connectivity index (χ4n) is 4.09. The molecule has 0 radical (unpaired) electrons. The average molecular weight is 367 g/mol. The van der Waals surface area contributed by atoms with E-state index in [1.807, 2.05) is 0 Å². The summed E-state index contributed by atoms with van der Waals surface area (Å²) in [6, 6.07) is 17.3. The first-order chi connectivity index (χ1) is 13.2. The molecular weight excluding hydrogens is 336 g/mol. The van der Waals surface area contributed by atoms with Crippen LogP contribution >= 0.6 is 0 Å². The summed E-state index contributed by atoms with van der Waals surface area (Å²) >= 11 is 0. The number of benzene rings is 2. The van der Waals surface area contributed by atoms with Crippen molar-refractivity contribution in [3.63, 3.8) is 0 Å². The first-order valence-corrected chi connectivity index (χ1v) is 10.3. The second-order valence-corrected chi connectivity index (χ2v) is 7.87. The summed E-state index contributed by atoms with van der Waals surface area (Å²) in [6.45, 7) is 7.11. The highest BCUT2D eigenvalue weighted by Crippen LogP contribution is 2.44. The lowest BCUT2D eigenvalue weighted by Gasteiger charge is -2.20. The van der Waals surface area contributed by atoms with Crippen LogP contribution in [0.2, 0.25) is 0 Å². The molecule has 0 spiro atoms. The number of aryl methyl sites for hydroxylation is 2. The van der Waals surface area contributed by atoms with Gasteiger partial charge in [-0.3, -0.25) is 0 Å². The number of rotatable bonds is 10. The summed E-state index contributed by atoms with van der Waals surface area (Å²) in [5, 5.41) is 0. The molecule has 2 aromatic carbocycles. The van der Waals surface area contributed by atoms with E-state index in [1.165, 1.54) is 22.3 Å². The molecule has 4 rings (SSSR count). The van der Waals surface area contributed by atoms with Crippen LogP contribution in [-0.4, -0.2) is 26.4 Å². The normalized spacial score (nSPS) is 26.1. The van der Waals surface area contributed by atoms with Gasteiger partial charge in [0.05, 0.1) is 26.4 Å². The molecule has 2 heterocycles. The molecule has 0 aliphatic carbocycles. The molecule has 0 saturated carbocycles. The minimum Gasteiger partial charge on any atom is -0.375 e. The van der Waals surface area contributed by atoms with Gasteiger partial charge in [-0.2, -0.15) is 0 Å². The van der Waals surface area contributed by atoms with Gasteiger partial charge in [0.2, 0.25) is 0 Å². The third-order valence-electron chi connectivity index (χ3n) is 5.71.